The van der Waals surface area contributed by atoms with E-state index in [4.69, 9.17) is 16.3 Å². The van der Waals surface area contributed by atoms with E-state index in [1.165, 1.54) is 20.3 Å². The highest BCUT2D eigenvalue weighted by Crippen LogP contribution is 2.44. The lowest BCUT2D eigenvalue weighted by Gasteiger charge is -2.41. The number of hydrogen-bond donors (Lipinski definition) is 0. The van der Waals surface area contributed by atoms with Gasteiger partial charge in [0.2, 0.25) is 0 Å². The largest absolute Gasteiger partial charge is 0.469 e. The third-order valence-electron chi connectivity index (χ3n) is 3.17. The predicted octanol–water partition coefficient (Wildman–Crippen LogP) is 0.243. The maximum absolute atomic E-state index is 11.8. The number of esters is 3. The predicted molar refractivity (Wildman–Crippen MR) is 58.3 cm³/mol. The van der Waals surface area contributed by atoms with E-state index in [9.17, 15) is 14.4 Å². The number of hydrogen-bond acceptors (Lipinski definition) is 6. The molecular formula is C11H11ClO6. The first-order valence-electron chi connectivity index (χ1n) is 5.24. The van der Waals surface area contributed by atoms with Crippen molar-refractivity contribution in [3.63, 3.8) is 0 Å². The monoisotopic (exact) mass is 274 g/mol. The van der Waals surface area contributed by atoms with Gasteiger partial charge in [-0.1, -0.05) is 11.6 Å². The van der Waals surface area contributed by atoms with Crippen molar-refractivity contribution >= 4 is 29.5 Å². The maximum Gasteiger partial charge on any atom is 0.315 e. The van der Waals surface area contributed by atoms with Gasteiger partial charge in [-0.15, -0.1) is 0 Å². The Kier molecular flexibility index (Phi) is 3.30. The van der Waals surface area contributed by atoms with Crippen LogP contribution in [0.15, 0.2) is 11.1 Å². The molecule has 2 aliphatic heterocycles. The van der Waals surface area contributed by atoms with Gasteiger partial charge in [0.1, 0.15) is 17.9 Å². The Morgan fingerprint density at radius 3 is 2.28 bits per heavy atom. The maximum atomic E-state index is 11.8. The van der Waals surface area contributed by atoms with Gasteiger partial charge in [0.05, 0.1) is 20.1 Å². The third kappa shape index (κ3) is 1.77. The van der Waals surface area contributed by atoms with Crippen LogP contribution in [-0.4, -0.2) is 38.2 Å². The minimum Gasteiger partial charge on any atom is -0.469 e. The zero-order chi connectivity index (χ0) is 13.4. The van der Waals surface area contributed by atoms with Crippen molar-refractivity contribution < 1.29 is 28.6 Å². The van der Waals surface area contributed by atoms with Gasteiger partial charge < -0.3 is 14.2 Å². The van der Waals surface area contributed by atoms with E-state index in [1.807, 2.05) is 0 Å². The summed E-state index contributed by atoms with van der Waals surface area (Å²) < 4.78 is 14.3. The Bertz CT molecular complexity index is 443. The Morgan fingerprint density at radius 2 is 1.78 bits per heavy atom. The fourth-order valence-corrected chi connectivity index (χ4v) is 2.71. The molecule has 2 bridgehead atoms. The Balaban J connectivity index is 2.44. The lowest BCUT2D eigenvalue weighted by atomic mass is 9.71. The van der Waals surface area contributed by atoms with Crippen LogP contribution in [0, 0.1) is 17.8 Å². The fourth-order valence-electron chi connectivity index (χ4n) is 2.36. The second-order valence-electron chi connectivity index (χ2n) is 4.03. The van der Waals surface area contributed by atoms with E-state index in [1.54, 1.807) is 0 Å². The molecule has 6 nitrogen and oxygen atoms in total. The molecule has 0 unspecified atom stereocenters. The molecule has 1 aliphatic carbocycles. The van der Waals surface area contributed by atoms with Crippen molar-refractivity contribution in [2.45, 2.75) is 6.10 Å². The number of methoxy groups -OCH3 is 2. The van der Waals surface area contributed by atoms with Gasteiger partial charge in [0.15, 0.2) is 0 Å². The van der Waals surface area contributed by atoms with Crippen molar-refractivity contribution in [1.82, 2.24) is 0 Å². The number of fused-ring (bicyclic) bond motifs is 2. The van der Waals surface area contributed by atoms with Crippen molar-refractivity contribution in [1.29, 1.82) is 0 Å². The van der Waals surface area contributed by atoms with Crippen LogP contribution in [0.4, 0.5) is 0 Å². The van der Waals surface area contributed by atoms with Crippen molar-refractivity contribution in [2.24, 2.45) is 17.8 Å². The van der Waals surface area contributed by atoms with Gasteiger partial charge >= 0.3 is 17.9 Å². The van der Waals surface area contributed by atoms with Gasteiger partial charge in [0, 0.05) is 5.03 Å². The van der Waals surface area contributed by atoms with E-state index in [-0.39, 0.29) is 5.03 Å². The molecular weight excluding hydrogens is 264 g/mol. The minimum atomic E-state index is -0.994. The molecule has 0 spiro atoms. The molecule has 2 heterocycles. The van der Waals surface area contributed by atoms with Gasteiger partial charge in [-0.3, -0.25) is 14.4 Å². The van der Waals surface area contributed by atoms with Crippen molar-refractivity contribution in [3.05, 3.63) is 11.1 Å². The summed E-state index contributed by atoms with van der Waals surface area (Å²) >= 11 is 5.92. The molecule has 0 aromatic carbocycles. The fraction of sp³-hybridized carbons (Fsp3) is 0.545. The van der Waals surface area contributed by atoms with Crippen LogP contribution in [-0.2, 0) is 28.6 Å². The topological polar surface area (TPSA) is 78.9 Å². The molecule has 0 N–H and O–H groups in total. The first-order chi connectivity index (χ1) is 8.51. The highest BCUT2D eigenvalue weighted by Gasteiger charge is 2.57. The Morgan fingerprint density at radius 1 is 1.22 bits per heavy atom. The number of ether oxygens (including phenoxy) is 3. The summed E-state index contributed by atoms with van der Waals surface area (Å²) in [7, 11) is 2.38. The zero-order valence-electron chi connectivity index (χ0n) is 9.71. The number of rotatable bonds is 2. The molecule has 3 rings (SSSR count). The molecule has 98 valence electrons. The molecule has 0 saturated carbocycles. The van der Waals surface area contributed by atoms with Crippen LogP contribution < -0.4 is 0 Å². The normalized spacial score (nSPS) is 33.5. The summed E-state index contributed by atoms with van der Waals surface area (Å²) in [6.07, 6.45) is 0.570. The standard InChI is InChI=1S/C11H11ClO6/c1-16-9(13)7-5-3-4(12)6(11(15)18-5)8(7)10(14)17-2/h3,5-8H,1-2H3/t5-,6+,7-,8-/m1/s1. The van der Waals surface area contributed by atoms with Gasteiger partial charge in [-0.2, -0.15) is 0 Å². The summed E-state index contributed by atoms with van der Waals surface area (Å²) in [5.74, 6) is -4.83. The minimum absolute atomic E-state index is 0.201. The molecule has 18 heavy (non-hydrogen) atoms. The van der Waals surface area contributed by atoms with Crippen LogP contribution >= 0.6 is 11.6 Å². The first-order valence-corrected chi connectivity index (χ1v) is 5.62. The molecule has 1 fully saturated rings. The smallest absolute Gasteiger partial charge is 0.315 e. The van der Waals surface area contributed by atoms with E-state index in [0.717, 1.165) is 0 Å². The number of carbonyl (C=O) groups excluding carboxylic acids is 3. The third-order valence-corrected chi connectivity index (χ3v) is 3.53. The number of carbonyl (C=O) groups is 3. The van der Waals surface area contributed by atoms with Gasteiger partial charge in [-0.05, 0) is 6.08 Å². The summed E-state index contributed by atoms with van der Waals surface area (Å²) in [6, 6.07) is 0. The number of halogens is 1. The van der Waals surface area contributed by atoms with E-state index >= 15 is 0 Å². The van der Waals surface area contributed by atoms with Crippen LogP contribution in [0.1, 0.15) is 0 Å². The average Bonchev–Trinajstić information content (AvgIpc) is 2.35. The molecule has 0 aromatic rings. The second kappa shape index (κ2) is 4.61. The molecule has 4 atom stereocenters. The first kappa shape index (κ1) is 12.9. The highest BCUT2D eigenvalue weighted by atomic mass is 35.5. The summed E-state index contributed by atoms with van der Waals surface area (Å²) in [5.41, 5.74) is 0. The quantitative estimate of drug-likeness (QED) is 0.530. The van der Waals surface area contributed by atoms with Gasteiger partial charge in [0.25, 0.3) is 0 Å². The van der Waals surface area contributed by atoms with Crippen LogP contribution in [0.2, 0.25) is 0 Å². The van der Waals surface area contributed by atoms with Crippen molar-refractivity contribution in [3.8, 4) is 0 Å². The van der Waals surface area contributed by atoms with Crippen LogP contribution in [0.5, 0.6) is 0 Å². The lowest BCUT2D eigenvalue weighted by molar-refractivity contribution is -0.185. The lowest BCUT2D eigenvalue weighted by Crippen LogP contribution is -2.54. The van der Waals surface area contributed by atoms with Crippen LogP contribution in [0.25, 0.3) is 0 Å². The Labute approximate surface area is 108 Å². The SMILES string of the molecule is COC(=O)[C@@H]1[C@H]2C(=O)O[C@H](C=C2Cl)[C@H]1C(=O)OC. The van der Waals surface area contributed by atoms with E-state index in [0.29, 0.717) is 0 Å². The molecule has 0 aromatic heterocycles. The Hall–Kier alpha value is -1.56. The summed E-state index contributed by atoms with van der Waals surface area (Å²) in [4.78, 5) is 35.1. The molecule has 1 saturated heterocycles. The molecule has 3 aliphatic rings. The van der Waals surface area contributed by atoms with E-state index < -0.39 is 41.8 Å². The highest BCUT2D eigenvalue weighted by molar-refractivity contribution is 6.32. The average molecular weight is 275 g/mol. The zero-order valence-corrected chi connectivity index (χ0v) is 10.5. The van der Waals surface area contributed by atoms with E-state index in [2.05, 4.69) is 9.47 Å². The van der Waals surface area contributed by atoms with Crippen LogP contribution in [0.3, 0.4) is 0 Å². The van der Waals surface area contributed by atoms with Gasteiger partial charge in [-0.25, -0.2) is 0 Å². The molecule has 0 radical (unpaired) electrons. The molecule has 7 heteroatoms. The summed E-state index contributed by atoms with van der Waals surface area (Å²) in [5, 5.41) is 0.201. The summed E-state index contributed by atoms with van der Waals surface area (Å²) in [6.45, 7) is 0. The second-order valence-corrected chi connectivity index (χ2v) is 4.47. The molecule has 0 amide bonds. The van der Waals surface area contributed by atoms with Crippen molar-refractivity contribution in [2.75, 3.05) is 14.2 Å².